The summed E-state index contributed by atoms with van der Waals surface area (Å²) in [7, 11) is 0. The minimum Gasteiger partial charge on any atom is -0.377 e. The second-order valence-electron chi connectivity index (χ2n) is 5.82. The summed E-state index contributed by atoms with van der Waals surface area (Å²) in [5.74, 6) is 0.534. The van der Waals surface area contributed by atoms with Gasteiger partial charge in [0.05, 0.1) is 12.1 Å². The van der Waals surface area contributed by atoms with Crippen molar-refractivity contribution in [2.24, 2.45) is 5.92 Å². The third-order valence-electron chi connectivity index (χ3n) is 4.64. The van der Waals surface area contributed by atoms with Crippen molar-refractivity contribution in [2.75, 3.05) is 11.9 Å². The topological polar surface area (TPSA) is 21.3 Å². The number of nitrogens with one attached hydrogen (secondary N) is 1. The number of hydrogen-bond donors (Lipinski definition) is 1. The van der Waals surface area contributed by atoms with Crippen LogP contribution < -0.4 is 5.32 Å². The smallest absolute Gasteiger partial charge is 0.0896 e. The molecule has 0 amide bonds. The molecule has 2 aliphatic rings. The average Bonchev–Trinajstić information content (AvgIpc) is 2.97. The molecule has 0 radical (unpaired) electrons. The van der Waals surface area contributed by atoms with Crippen LogP contribution in [-0.2, 0) is 4.74 Å². The number of anilines is 1. The Kier molecular flexibility index (Phi) is 2.78. The Bertz CT molecular complexity index is 623. The van der Waals surface area contributed by atoms with Crippen molar-refractivity contribution in [1.82, 2.24) is 0 Å². The average molecular weight is 265 g/mol. The van der Waals surface area contributed by atoms with Crippen LogP contribution in [0, 0.1) is 12.8 Å². The van der Waals surface area contributed by atoms with Crippen molar-refractivity contribution in [2.45, 2.75) is 25.5 Å². The minimum atomic E-state index is 0.247. The van der Waals surface area contributed by atoms with Crippen molar-refractivity contribution in [3.63, 3.8) is 0 Å². The number of benzene rings is 2. The molecule has 4 rings (SSSR count). The lowest BCUT2D eigenvalue weighted by Crippen LogP contribution is -2.29. The van der Waals surface area contributed by atoms with Crippen molar-refractivity contribution >= 4 is 5.69 Å². The molecule has 1 N–H and O–H groups in total. The fourth-order valence-corrected chi connectivity index (χ4v) is 3.65. The van der Waals surface area contributed by atoms with E-state index in [4.69, 9.17) is 4.74 Å². The number of para-hydroxylation sites is 1. The summed E-state index contributed by atoms with van der Waals surface area (Å²) in [6, 6.07) is 17.6. The Labute approximate surface area is 119 Å². The van der Waals surface area contributed by atoms with E-state index in [0.717, 1.165) is 13.0 Å². The summed E-state index contributed by atoms with van der Waals surface area (Å²) >= 11 is 0. The lowest BCUT2D eigenvalue weighted by atomic mass is 9.80. The first kappa shape index (κ1) is 12.0. The normalized spacial score (nSPS) is 27.6. The molecule has 0 saturated carbocycles. The molecule has 2 heteroatoms. The fraction of sp³-hybridized carbons (Fsp3) is 0.333. The zero-order valence-electron chi connectivity index (χ0n) is 11.7. The Balaban J connectivity index is 1.82. The van der Waals surface area contributed by atoms with Gasteiger partial charge in [-0.2, -0.15) is 0 Å². The molecule has 3 atom stereocenters. The van der Waals surface area contributed by atoms with Gasteiger partial charge in [0, 0.05) is 23.8 Å². The maximum atomic E-state index is 6.05. The van der Waals surface area contributed by atoms with E-state index < -0.39 is 0 Å². The van der Waals surface area contributed by atoms with Crippen LogP contribution in [0.15, 0.2) is 48.5 Å². The van der Waals surface area contributed by atoms with Gasteiger partial charge in [0.1, 0.15) is 0 Å². The fourth-order valence-electron chi connectivity index (χ4n) is 3.65. The number of fused-ring (bicyclic) bond motifs is 3. The highest BCUT2D eigenvalue weighted by molar-refractivity contribution is 5.62. The quantitative estimate of drug-likeness (QED) is 0.832. The van der Waals surface area contributed by atoms with Gasteiger partial charge >= 0.3 is 0 Å². The van der Waals surface area contributed by atoms with E-state index in [9.17, 15) is 0 Å². The Hall–Kier alpha value is -1.80. The first-order chi connectivity index (χ1) is 9.84. The van der Waals surface area contributed by atoms with Gasteiger partial charge < -0.3 is 10.1 Å². The molecular weight excluding hydrogens is 246 g/mol. The Morgan fingerprint density at radius 1 is 1.05 bits per heavy atom. The molecule has 2 aliphatic heterocycles. The predicted octanol–water partition coefficient (Wildman–Crippen LogP) is 4.24. The number of rotatable bonds is 1. The molecule has 0 spiro atoms. The molecule has 0 aliphatic carbocycles. The monoisotopic (exact) mass is 265 g/mol. The van der Waals surface area contributed by atoms with Gasteiger partial charge in [0.15, 0.2) is 0 Å². The molecule has 2 nitrogen and oxygen atoms in total. The zero-order valence-corrected chi connectivity index (χ0v) is 11.7. The van der Waals surface area contributed by atoms with Gasteiger partial charge in [-0.05, 0) is 24.5 Å². The summed E-state index contributed by atoms with van der Waals surface area (Å²) in [6.07, 6.45) is 1.38. The largest absolute Gasteiger partial charge is 0.377 e. The second kappa shape index (κ2) is 4.64. The van der Waals surface area contributed by atoms with E-state index in [1.165, 1.54) is 22.4 Å². The third-order valence-corrected chi connectivity index (χ3v) is 4.64. The molecule has 3 unspecified atom stereocenters. The van der Waals surface area contributed by atoms with Crippen LogP contribution in [0.4, 0.5) is 5.69 Å². The van der Waals surface area contributed by atoms with Crippen LogP contribution in [0.2, 0.25) is 0 Å². The molecular formula is C18H19NO. The van der Waals surface area contributed by atoms with Crippen LogP contribution in [0.25, 0.3) is 0 Å². The highest BCUT2D eigenvalue weighted by Gasteiger charge is 2.41. The van der Waals surface area contributed by atoms with Gasteiger partial charge in [0.25, 0.3) is 0 Å². The summed E-state index contributed by atoms with van der Waals surface area (Å²) in [5, 5.41) is 3.77. The minimum absolute atomic E-state index is 0.247. The molecule has 102 valence electrons. The standard InChI is InChI=1S/C18H19NO/c1-12-6-5-9-14-16(12)19-17(13-7-3-2-4-8-13)15-10-11-20-18(14)15/h2-9,15,17-19H,10-11H2,1H3. The lowest BCUT2D eigenvalue weighted by molar-refractivity contribution is 0.0828. The molecule has 2 heterocycles. The molecule has 0 bridgehead atoms. The predicted molar refractivity (Wildman–Crippen MR) is 80.8 cm³/mol. The highest BCUT2D eigenvalue weighted by Crippen LogP contribution is 2.50. The van der Waals surface area contributed by atoms with Crippen LogP contribution in [0.5, 0.6) is 0 Å². The second-order valence-corrected chi connectivity index (χ2v) is 5.82. The first-order valence-electron chi connectivity index (χ1n) is 7.37. The van der Waals surface area contributed by atoms with Crippen molar-refractivity contribution < 1.29 is 4.74 Å². The molecule has 0 aromatic heterocycles. The van der Waals surface area contributed by atoms with Crippen molar-refractivity contribution in [1.29, 1.82) is 0 Å². The molecule has 1 saturated heterocycles. The maximum absolute atomic E-state index is 6.05. The van der Waals surface area contributed by atoms with Gasteiger partial charge in [-0.1, -0.05) is 48.5 Å². The summed E-state index contributed by atoms with van der Waals surface area (Å²) in [4.78, 5) is 0. The van der Waals surface area contributed by atoms with Crippen molar-refractivity contribution in [3.05, 3.63) is 65.2 Å². The van der Waals surface area contributed by atoms with Crippen LogP contribution in [-0.4, -0.2) is 6.61 Å². The molecule has 20 heavy (non-hydrogen) atoms. The zero-order chi connectivity index (χ0) is 13.5. The number of hydrogen-bond acceptors (Lipinski definition) is 2. The van der Waals surface area contributed by atoms with Gasteiger partial charge in [0.2, 0.25) is 0 Å². The molecule has 2 aromatic rings. The van der Waals surface area contributed by atoms with E-state index in [0.29, 0.717) is 12.0 Å². The maximum Gasteiger partial charge on any atom is 0.0896 e. The van der Waals surface area contributed by atoms with E-state index in [-0.39, 0.29) is 6.10 Å². The lowest BCUT2D eigenvalue weighted by Gasteiger charge is -2.37. The van der Waals surface area contributed by atoms with E-state index in [2.05, 4.69) is 60.8 Å². The number of ether oxygens (including phenoxy) is 1. The molecule has 1 fully saturated rings. The third kappa shape index (κ3) is 1.75. The SMILES string of the molecule is Cc1cccc2c1NC(c1ccccc1)C1CCOC21. The number of aryl methyl sites for hydroxylation is 1. The van der Waals surface area contributed by atoms with E-state index >= 15 is 0 Å². The Morgan fingerprint density at radius 3 is 2.75 bits per heavy atom. The van der Waals surface area contributed by atoms with E-state index in [1.54, 1.807) is 0 Å². The summed E-state index contributed by atoms with van der Waals surface area (Å²) < 4.78 is 6.05. The highest BCUT2D eigenvalue weighted by atomic mass is 16.5. The summed E-state index contributed by atoms with van der Waals surface area (Å²) in [5.41, 5.74) is 5.27. The Morgan fingerprint density at radius 2 is 1.90 bits per heavy atom. The van der Waals surface area contributed by atoms with Crippen LogP contribution >= 0.6 is 0 Å². The van der Waals surface area contributed by atoms with Gasteiger partial charge in [-0.3, -0.25) is 0 Å². The van der Waals surface area contributed by atoms with Crippen molar-refractivity contribution in [3.8, 4) is 0 Å². The van der Waals surface area contributed by atoms with Gasteiger partial charge in [-0.25, -0.2) is 0 Å². The van der Waals surface area contributed by atoms with E-state index in [1.807, 2.05) is 0 Å². The summed E-state index contributed by atoms with van der Waals surface area (Å²) in [6.45, 7) is 3.04. The first-order valence-corrected chi connectivity index (χ1v) is 7.37. The van der Waals surface area contributed by atoms with Gasteiger partial charge in [-0.15, -0.1) is 0 Å². The van der Waals surface area contributed by atoms with Crippen LogP contribution in [0.3, 0.4) is 0 Å². The molecule has 2 aromatic carbocycles. The van der Waals surface area contributed by atoms with Crippen LogP contribution in [0.1, 0.15) is 35.3 Å².